The molecule has 1 aliphatic heterocycles. The molecule has 0 saturated heterocycles. The molecule has 5 nitrogen and oxygen atoms in total. The van der Waals surface area contributed by atoms with Crippen molar-refractivity contribution in [3.05, 3.63) is 23.8 Å². The summed E-state index contributed by atoms with van der Waals surface area (Å²) in [5, 5.41) is 2.41. The molecule has 148 valence electrons. The molecule has 1 amide bonds. The number of nitrogens with zero attached hydrogens (tertiary/aromatic N) is 1. The number of hydrogen-bond donors (Lipinski definition) is 2. The summed E-state index contributed by atoms with van der Waals surface area (Å²) in [6.45, 7) is 10.7. The molecule has 0 fully saturated rings. The summed E-state index contributed by atoms with van der Waals surface area (Å²) in [5.74, 6) is 1.15. The fraction of sp³-hybridized carbons (Fsp3) is 0.650. The summed E-state index contributed by atoms with van der Waals surface area (Å²) in [6.07, 6.45) is 5.42. The largest absolute Gasteiger partial charge is 0.483 e. The molecule has 26 heavy (non-hydrogen) atoms. The average molecular weight is 383 g/mol. The number of thiol groups is 1. The molecule has 2 rings (SSSR count). The number of carbonyl (C=O) groups is 1. The summed E-state index contributed by atoms with van der Waals surface area (Å²) in [5.41, 5.74) is 0.844. The first-order valence-electron chi connectivity index (χ1n) is 9.47. The molecule has 1 aromatic rings. The number of fused-ring (bicyclic) bond motifs is 1. The molecule has 0 atom stereocenters. The maximum absolute atomic E-state index is 11.2. The number of amides is 1. The topological polar surface area (TPSA) is 50.8 Å². The number of hydrogen-bond acceptors (Lipinski definition) is 5. The Morgan fingerprint density at radius 2 is 1.88 bits per heavy atom. The Hall–Kier alpha value is -1.40. The van der Waals surface area contributed by atoms with Gasteiger partial charge in [0.05, 0.1) is 0 Å². The third kappa shape index (κ3) is 7.87. The lowest BCUT2D eigenvalue weighted by Gasteiger charge is -2.17. The zero-order valence-electron chi connectivity index (χ0n) is 16.8. The number of ether oxygens (including phenoxy) is 2. The first-order chi connectivity index (χ1) is 12.3. The van der Waals surface area contributed by atoms with Crippen molar-refractivity contribution >= 4 is 18.9 Å². The van der Waals surface area contributed by atoms with Gasteiger partial charge in [-0.2, -0.15) is 0 Å². The van der Waals surface area contributed by atoms with Gasteiger partial charge in [0.25, 0.3) is 0 Å². The smallest absolute Gasteiger partial charge is 0.412 e. The Kier molecular flexibility index (Phi) is 9.88. The van der Waals surface area contributed by atoms with Crippen molar-refractivity contribution in [2.45, 2.75) is 65.4 Å². The Bertz CT molecular complexity index is 556. The molecule has 1 N–H and O–H groups in total. The normalized spacial score (nSPS) is 14.1. The van der Waals surface area contributed by atoms with Crippen molar-refractivity contribution in [2.24, 2.45) is 0 Å². The van der Waals surface area contributed by atoms with Gasteiger partial charge in [-0.15, -0.1) is 0 Å². The molecule has 0 unspecified atom stereocenters. The molecular formula is C20H34N2O3S. The highest BCUT2D eigenvalue weighted by atomic mass is 32.1. The lowest BCUT2D eigenvalue weighted by Crippen LogP contribution is -2.25. The maximum Gasteiger partial charge on any atom is 0.412 e. The molecular weight excluding hydrogens is 348 g/mol. The van der Waals surface area contributed by atoms with Crippen LogP contribution in [-0.4, -0.2) is 36.1 Å². The van der Waals surface area contributed by atoms with Crippen LogP contribution in [0.1, 0.15) is 58.9 Å². The van der Waals surface area contributed by atoms with Crippen molar-refractivity contribution < 1.29 is 14.3 Å². The summed E-state index contributed by atoms with van der Waals surface area (Å²) >= 11 is 4.33. The minimum absolute atomic E-state index is 0.232. The number of nitrogens with one attached hydrogen (secondary N) is 1. The van der Waals surface area contributed by atoms with E-state index in [1.54, 1.807) is 6.07 Å². The van der Waals surface area contributed by atoms with Gasteiger partial charge in [-0.3, -0.25) is 4.31 Å². The average Bonchev–Trinajstić information content (AvgIpc) is 2.93. The van der Waals surface area contributed by atoms with E-state index in [0.717, 1.165) is 25.1 Å². The van der Waals surface area contributed by atoms with Gasteiger partial charge in [-0.1, -0.05) is 51.6 Å². The molecule has 1 aliphatic rings. The van der Waals surface area contributed by atoms with Gasteiger partial charge in [0.15, 0.2) is 11.5 Å². The van der Waals surface area contributed by atoms with Gasteiger partial charge >= 0.3 is 6.09 Å². The number of rotatable bonds is 7. The minimum atomic E-state index is -0.485. The molecule has 1 aromatic carbocycles. The van der Waals surface area contributed by atoms with Crippen molar-refractivity contribution in [2.75, 3.05) is 20.1 Å². The van der Waals surface area contributed by atoms with Crippen LogP contribution in [0, 0.1) is 0 Å². The molecule has 0 aliphatic carbocycles. The Morgan fingerprint density at radius 1 is 1.27 bits per heavy atom. The van der Waals surface area contributed by atoms with Crippen LogP contribution in [0.25, 0.3) is 0 Å². The number of carbonyl (C=O) groups excluding carboxylic acids is 1. The second kappa shape index (κ2) is 11.3. The van der Waals surface area contributed by atoms with Crippen LogP contribution >= 0.6 is 12.8 Å². The second-order valence-electron chi connectivity index (χ2n) is 7.08. The lowest BCUT2D eigenvalue weighted by atomic mass is 10.0. The SMILES string of the molecule is CCCCN(S)CCCC.CNC(=O)Oc1cccc2c1OC(C)(C)C2. The highest BCUT2D eigenvalue weighted by molar-refractivity contribution is 7.77. The quantitative estimate of drug-likeness (QED) is 0.662. The van der Waals surface area contributed by atoms with Gasteiger partial charge in [0, 0.05) is 32.1 Å². The van der Waals surface area contributed by atoms with Crippen LogP contribution in [0.3, 0.4) is 0 Å². The van der Waals surface area contributed by atoms with E-state index in [1.807, 2.05) is 26.0 Å². The summed E-state index contributed by atoms with van der Waals surface area (Å²) in [4.78, 5) is 11.2. The van der Waals surface area contributed by atoms with E-state index < -0.39 is 6.09 Å². The highest BCUT2D eigenvalue weighted by Crippen LogP contribution is 2.41. The van der Waals surface area contributed by atoms with E-state index in [2.05, 4.69) is 36.3 Å². The number of unbranched alkanes of at least 4 members (excludes halogenated alkanes) is 2. The molecule has 0 bridgehead atoms. The minimum Gasteiger partial charge on any atom is -0.483 e. The van der Waals surface area contributed by atoms with Crippen LogP contribution in [-0.2, 0) is 6.42 Å². The summed E-state index contributed by atoms with van der Waals surface area (Å²) < 4.78 is 13.0. The first kappa shape index (κ1) is 22.6. The third-order valence-electron chi connectivity index (χ3n) is 4.00. The third-order valence-corrected chi connectivity index (χ3v) is 4.40. The molecule has 0 radical (unpaired) electrons. The van der Waals surface area contributed by atoms with Gasteiger partial charge in [0.1, 0.15) is 5.60 Å². The predicted molar refractivity (Wildman–Crippen MR) is 110 cm³/mol. The first-order valence-corrected chi connectivity index (χ1v) is 9.87. The summed E-state index contributed by atoms with van der Waals surface area (Å²) in [7, 11) is 1.52. The molecule has 1 heterocycles. The van der Waals surface area contributed by atoms with Crippen LogP contribution in [0.5, 0.6) is 11.5 Å². The van der Waals surface area contributed by atoms with Crippen LogP contribution in [0.15, 0.2) is 18.2 Å². The standard InChI is InChI=1S/C12H15NO3.C8H19NS/c1-12(2)7-8-5-4-6-9(10(8)16-12)15-11(14)13-3;1-3-5-7-9(10)8-6-4-2/h4-6H,7H2,1-3H3,(H,13,14);10H,3-8H2,1-2H3. The van der Waals surface area contributed by atoms with Crippen molar-refractivity contribution in [1.29, 1.82) is 0 Å². The molecule has 0 saturated carbocycles. The van der Waals surface area contributed by atoms with Gasteiger partial charge in [0.2, 0.25) is 0 Å². The van der Waals surface area contributed by atoms with Crippen molar-refractivity contribution in [3.8, 4) is 11.5 Å². The van der Waals surface area contributed by atoms with E-state index in [9.17, 15) is 4.79 Å². The van der Waals surface area contributed by atoms with E-state index in [-0.39, 0.29) is 5.60 Å². The fourth-order valence-electron chi connectivity index (χ4n) is 2.61. The molecule has 0 spiro atoms. The summed E-state index contributed by atoms with van der Waals surface area (Å²) in [6, 6.07) is 5.58. The van der Waals surface area contributed by atoms with E-state index in [4.69, 9.17) is 9.47 Å². The Labute approximate surface area is 164 Å². The Balaban J connectivity index is 0.000000294. The van der Waals surface area contributed by atoms with E-state index in [1.165, 1.54) is 32.7 Å². The second-order valence-corrected chi connectivity index (χ2v) is 7.65. The van der Waals surface area contributed by atoms with Gasteiger partial charge in [-0.05, 0) is 32.8 Å². The predicted octanol–water partition coefficient (Wildman–Crippen LogP) is 4.85. The van der Waals surface area contributed by atoms with Crippen molar-refractivity contribution in [3.63, 3.8) is 0 Å². The van der Waals surface area contributed by atoms with Crippen molar-refractivity contribution in [1.82, 2.24) is 9.62 Å². The van der Waals surface area contributed by atoms with E-state index >= 15 is 0 Å². The van der Waals surface area contributed by atoms with Crippen LogP contribution in [0.2, 0.25) is 0 Å². The molecule has 6 heteroatoms. The Morgan fingerprint density at radius 3 is 2.42 bits per heavy atom. The van der Waals surface area contributed by atoms with Crippen LogP contribution in [0.4, 0.5) is 4.79 Å². The van der Waals surface area contributed by atoms with Gasteiger partial charge in [-0.25, -0.2) is 4.79 Å². The fourth-order valence-corrected chi connectivity index (χ4v) is 2.89. The lowest BCUT2D eigenvalue weighted by molar-refractivity contribution is 0.133. The van der Waals surface area contributed by atoms with Crippen LogP contribution < -0.4 is 14.8 Å². The van der Waals surface area contributed by atoms with E-state index in [0.29, 0.717) is 11.5 Å². The maximum atomic E-state index is 11.2. The van der Waals surface area contributed by atoms with Gasteiger partial charge < -0.3 is 14.8 Å². The zero-order valence-corrected chi connectivity index (χ0v) is 17.7. The molecule has 0 aromatic heterocycles. The zero-order chi connectivity index (χ0) is 19.6. The number of para-hydroxylation sites is 1. The highest BCUT2D eigenvalue weighted by Gasteiger charge is 2.32. The monoisotopic (exact) mass is 382 g/mol. The number of benzene rings is 1.